The average Bonchev–Trinajstić information content (AvgIpc) is 2.16. The van der Waals surface area contributed by atoms with Crippen molar-refractivity contribution in [2.24, 2.45) is 5.92 Å². The molecule has 0 aromatic carbocycles. The zero-order valence-corrected chi connectivity index (χ0v) is 10.9. The Morgan fingerprint density at radius 3 is 2.60 bits per heavy atom. The van der Waals surface area contributed by atoms with Crippen LogP contribution in [0.3, 0.4) is 0 Å². The van der Waals surface area contributed by atoms with E-state index < -0.39 is 0 Å². The summed E-state index contributed by atoms with van der Waals surface area (Å²) in [6, 6.07) is 0. The van der Waals surface area contributed by atoms with Crippen LogP contribution in [0.5, 0.6) is 0 Å². The van der Waals surface area contributed by atoms with Gasteiger partial charge in [-0.15, -0.1) is 0 Å². The van der Waals surface area contributed by atoms with Gasteiger partial charge in [-0.3, -0.25) is 0 Å². The van der Waals surface area contributed by atoms with Crippen molar-refractivity contribution >= 4 is 0 Å². The molecule has 0 amide bonds. The average molecular weight is 214 g/mol. The molecule has 1 rings (SSSR count). The molecular weight excluding hydrogens is 188 g/mol. The van der Waals surface area contributed by atoms with Crippen LogP contribution in [0, 0.1) is 5.92 Å². The van der Waals surface area contributed by atoms with Crippen LogP contribution in [0.15, 0.2) is 0 Å². The Balaban J connectivity index is 2.38. The van der Waals surface area contributed by atoms with E-state index in [1.54, 1.807) is 7.11 Å². The van der Waals surface area contributed by atoms with Gasteiger partial charge < -0.3 is 9.74 Å². The van der Waals surface area contributed by atoms with Gasteiger partial charge in [-0.05, 0) is 46.6 Å². The highest BCUT2D eigenvalue weighted by atomic mass is 16.7. The van der Waals surface area contributed by atoms with E-state index in [1.807, 2.05) is 0 Å². The van der Waals surface area contributed by atoms with E-state index in [1.165, 1.54) is 19.4 Å². The van der Waals surface area contributed by atoms with Crippen LogP contribution in [0.2, 0.25) is 0 Å². The van der Waals surface area contributed by atoms with Gasteiger partial charge in [-0.2, -0.15) is 5.06 Å². The molecule has 0 saturated carbocycles. The topological polar surface area (TPSA) is 15.7 Å². The lowest BCUT2D eigenvalue weighted by Crippen LogP contribution is -2.45. The summed E-state index contributed by atoms with van der Waals surface area (Å²) >= 11 is 0. The predicted molar refractivity (Wildman–Crippen MR) is 63.7 cm³/mol. The second-order valence-electron chi connectivity index (χ2n) is 5.63. The second kappa shape index (κ2) is 5.28. The first kappa shape index (κ1) is 12.9. The highest BCUT2D eigenvalue weighted by Crippen LogP contribution is 2.20. The number of hydrogen-bond donors (Lipinski definition) is 0. The quantitative estimate of drug-likeness (QED) is 0.714. The van der Waals surface area contributed by atoms with E-state index in [0.29, 0.717) is 0 Å². The molecule has 15 heavy (non-hydrogen) atoms. The van der Waals surface area contributed by atoms with Crippen molar-refractivity contribution in [1.82, 2.24) is 9.96 Å². The van der Waals surface area contributed by atoms with Crippen LogP contribution in [0.25, 0.3) is 0 Å². The number of rotatable bonds is 3. The van der Waals surface area contributed by atoms with Crippen molar-refractivity contribution in [2.75, 3.05) is 33.8 Å². The van der Waals surface area contributed by atoms with Gasteiger partial charge in [0.25, 0.3) is 0 Å². The molecule has 0 aliphatic carbocycles. The van der Waals surface area contributed by atoms with Crippen molar-refractivity contribution < 1.29 is 4.84 Å². The summed E-state index contributed by atoms with van der Waals surface area (Å²) in [7, 11) is 3.99. The minimum Gasteiger partial charge on any atom is -0.302 e. The van der Waals surface area contributed by atoms with E-state index in [9.17, 15) is 0 Å². The van der Waals surface area contributed by atoms with Crippen LogP contribution in [-0.4, -0.2) is 49.3 Å². The van der Waals surface area contributed by atoms with Gasteiger partial charge in [0.15, 0.2) is 0 Å². The first-order chi connectivity index (χ1) is 6.93. The van der Waals surface area contributed by atoms with E-state index in [-0.39, 0.29) is 5.54 Å². The minimum absolute atomic E-state index is 0.273. The van der Waals surface area contributed by atoms with Gasteiger partial charge in [0.1, 0.15) is 0 Å². The van der Waals surface area contributed by atoms with E-state index in [0.717, 1.165) is 19.0 Å². The standard InChI is InChI=1S/C12H26N2O/c1-12(2,3)13(4)9-11-7-6-8-14(10-11)15-5/h11H,6-10H2,1-5H3/t11-/m0/s1. The maximum Gasteiger partial charge on any atom is 0.0575 e. The molecule has 0 N–H and O–H groups in total. The summed E-state index contributed by atoms with van der Waals surface area (Å²) in [6.45, 7) is 10.1. The zero-order chi connectivity index (χ0) is 11.5. The molecule has 1 saturated heterocycles. The molecule has 90 valence electrons. The number of hydrogen-bond acceptors (Lipinski definition) is 3. The highest BCUT2D eigenvalue weighted by molar-refractivity contribution is 4.78. The SMILES string of the molecule is CON1CCC[C@@H](CN(C)C(C)(C)C)C1. The molecule has 3 heteroatoms. The molecule has 0 radical (unpaired) electrons. The van der Waals surface area contributed by atoms with Gasteiger partial charge in [-0.1, -0.05) is 0 Å². The molecule has 0 aromatic heterocycles. The Morgan fingerprint density at radius 1 is 1.40 bits per heavy atom. The monoisotopic (exact) mass is 214 g/mol. The molecule has 1 aliphatic rings. The van der Waals surface area contributed by atoms with Gasteiger partial charge in [0.05, 0.1) is 7.11 Å². The third-order valence-corrected chi connectivity index (χ3v) is 3.42. The Hall–Kier alpha value is -0.120. The third kappa shape index (κ3) is 4.09. The molecule has 1 aliphatic heterocycles. The van der Waals surface area contributed by atoms with Gasteiger partial charge in [0, 0.05) is 25.2 Å². The van der Waals surface area contributed by atoms with Crippen LogP contribution in [0.4, 0.5) is 0 Å². The molecule has 0 unspecified atom stereocenters. The lowest BCUT2D eigenvalue weighted by atomic mass is 9.96. The summed E-state index contributed by atoms with van der Waals surface area (Å²) in [4.78, 5) is 7.74. The van der Waals surface area contributed by atoms with Gasteiger partial charge in [-0.25, -0.2) is 0 Å². The van der Waals surface area contributed by atoms with E-state index >= 15 is 0 Å². The number of piperidine rings is 1. The van der Waals surface area contributed by atoms with Crippen LogP contribution >= 0.6 is 0 Å². The molecule has 1 heterocycles. The van der Waals surface area contributed by atoms with E-state index in [2.05, 4.69) is 37.8 Å². The van der Waals surface area contributed by atoms with Gasteiger partial charge >= 0.3 is 0 Å². The third-order valence-electron chi connectivity index (χ3n) is 3.42. The zero-order valence-electron chi connectivity index (χ0n) is 10.9. The molecule has 0 spiro atoms. The Labute approximate surface area is 94.3 Å². The summed E-state index contributed by atoms with van der Waals surface area (Å²) in [5.41, 5.74) is 0.273. The molecule has 3 nitrogen and oxygen atoms in total. The summed E-state index contributed by atoms with van der Waals surface area (Å²) < 4.78 is 0. The minimum atomic E-state index is 0.273. The summed E-state index contributed by atoms with van der Waals surface area (Å²) in [6.07, 6.45) is 2.59. The smallest absolute Gasteiger partial charge is 0.0575 e. The van der Waals surface area contributed by atoms with Crippen molar-refractivity contribution in [3.05, 3.63) is 0 Å². The highest BCUT2D eigenvalue weighted by Gasteiger charge is 2.24. The van der Waals surface area contributed by atoms with Crippen LogP contribution in [0.1, 0.15) is 33.6 Å². The van der Waals surface area contributed by atoms with Gasteiger partial charge in [0.2, 0.25) is 0 Å². The van der Waals surface area contributed by atoms with Crippen molar-refractivity contribution in [3.63, 3.8) is 0 Å². The normalized spacial score (nSPS) is 24.8. The molecule has 0 aromatic rings. The van der Waals surface area contributed by atoms with Crippen molar-refractivity contribution in [2.45, 2.75) is 39.2 Å². The Bertz CT molecular complexity index is 189. The first-order valence-corrected chi connectivity index (χ1v) is 5.94. The van der Waals surface area contributed by atoms with Crippen molar-refractivity contribution in [3.8, 4) is 0 Å². The molecule has 1 fully saturated rings. The van der Waals surface area contributed by atoms with Crippen LogP contribution < -0.4 is 0 Å². The number of hydroxylamine groups is 2. The molecule has 0 bridgehead atoms. The van der Waals surface area contributed by atoms with Crippen LogP contribution in [-0.2, 0) is 4.84 Å². The lowest BCUT2D eigenvalue weighted by molar-refractivity contribution is -0.155. The fourth-order valence-electron chi connectivity index (χ4n) is 2.00. The Morgan fingerprint density at radius 2 is 2.07 bits per heavy atom. The lowest BCUT2D eigenvalue weighted by Gasteiger charge is -2.38. The predicted octanol–water partition coefficient (Wildman–Crippen LogP) is 1.99. The fraction of sp³-hybridized carbons (Fsp3) is 1.00. The molecular formula is C12H26N2O. The largest absolute Gasteiger partial charge is 0.302 e. The maximum absolute atomic E-state index is 5.30. The summed E-state index contributed by atoms with van der Waals surface area (Å²) in [5.74, 6) is 0.753. The maximum atomic E-state index is 5.30. The first-order valence-electron chi connectivity index (χ1n) is 5.94. The second-order valence-corrected chi connectivity index (χ2v) is 5.63. The fourth-order valence-corrected chi connectivity index (χ4v) is 2.00. The Kier molecular flexibility index (Phi) is 4.56. The molecule has 1 atom stereocenters. The van der Waals surface area contributed by atoms with E-state index in [4.69, 9.17) is 4.84 Å². The van der Waals surface area contributed by atoms with Crippen molar-refractivity contribution in [1.29, 1.82) is 0 Å². The number of nitrogens with zero attached hydrogens (tertiary/aromatic N) is 2. The summed E-state index contributed by atoms with van der Waals surface area (Å²) in [5, 5.41) is 2.09.